The van der Waals surface area contributed by atoms with Gasteiger partial charge in [0.1, 0.15) is 12.5 Å². The van der Waals surface area contributed by atoms with Crippen LogP contribution in [0.3, 0.4) is 0 Å². The molecule has 0 bridgehead atoms. The third-order valence-corrected chi connectivity index (χ3v) is 5.60. The molecule has 1 aromatic rings. The molecular weight excluding hydrogens is 406 g/mol. The van der Waals surface area contributed by atoms with Crippen LogP contribution in [-0.4, -0.2) is 24.1 Å². The molecule has 0 spiro atoms. The van der Waals surface area contributed by atoms with Crippen molar-refractivity contribution in [3.63, 3.8) is 0 Å². The van der Waals surface area contributed by atoms with Crippen molar-refractivity contribution in [2.75, 3.05) is 6.61 Å². The van der Waals surface area contributed by atoms with E-state index in [0.29, 0.717) is 17.7 Å². The molecule has 0 aromatic heterocycles. The van der Waals surface area contributed by atoms with E-state index in [4.69, 9.17) is 9.73 Å². The predicted octanol–water partition coefficient (Wildman–Crippen LogP) is 5.00. The van der Waals surface area contributed by atoms with E-state index in [9.17, 15) is 9.59 Å². The molecular formula is C22H24BrNO3. The summed E-state index contributed by atoms with van der Waals surface area (Å²) in [5.41, 5.74) is 2.96. The number of halogens is 1. The van der Waals surface area contributed by atoms with Gasteiger partial charge in [0.2, 0.25) is 0 Å². The number of rotatable bonds is 4. The smallest absolute Gasteiger partial charge is 0.315 e. The van der Waals surface area contributed by atoms with E-state index in [1.165, 1.54) is 0 Å². The zero-order chi connectivity index (χ0) is 19.8. The van der Waals surface area contributed by atoms with Crippen molar-refractivity contribution in [1.29, 1.82) is 0 Å². The number of hydrogen-bond acceptors (Lipinski definition) is 4. The minimum absolute atomic E-state index is 0.0731. The Hall–Kier alpha value is -2.01. The largest absolute Gasteiger partial charge is 0.461 e. The second-order valence-corrected chi connectivity index (χ2v) is 8.90. The lowest BCUT2D eigenvalue weighted by molar-refractivity contribution is -0.145. The van der Waals surface area contributed by atoms with E-state index < -0.39 is 5.92 Å². The molecule has 27 heavy (non-hydrogen) atoms. The Morgan fingerprint density at radius 1 is 1.41 bits per heavy atom. The number of carbonyl (C=O) groups is 2. The Morgan fingerprint density at radius 3 is 2.81 bits per heavy atom. The first-order valence-electron chi connectivity index (χ1n) is 9.08. The summed E-state index contributed by atoms with van der Waals surface area (Å²) in [4.78, 5) is 30.6. The zero-order valence-electron chi connectivity index (χ0n) is 15.9. The summed E-state index contributed by atoms with van der Waals surface area (Å²) < 4.78 is 6.26. The molecule has 1 aliphatic heterocycles. The molecule has 2 atom stereocenters. The number of Topliss-reactive ketones (excluding diaryl/α,β-unsaturated/α-hetero) is 1. The summed E-state index contributed by atoms with van der Waals surface area (Å²) in [5.74, 6) is -1.28. The van der Waals surface area contributed by atoms with Crippen molar-refractivity contribution in [3.05, 3.63) is 58.2 Å². The molecule has 0 saturated carbocycles. The van der Waals surface area contributed by atoms with Gasteiger partial charge in [0.25, 0.3) is 0 Å². The molecule has 3 rings (SSSR count). The van der Waals surface area contributed by atoms with Crippen LogP contribution in [0.5, 0.6) is 0 Å². The first-order valence-corrected chi connectivity index (χ1v) is 9.87. The topological polar surface area (TPSA) is 55.7 Å². The van der Waals surface area contributed by atoms with Gasteiger partial charge < -0.3 is 4.74 Å². The van der Waals surface area contributed by atoms with E-state index in [-0.39, 0.29) is 29.7 Å². The third-order valence-electron chi connectivity index (χ3n) is 5.11. The summed E-state index contributed by atoms with van der Waals surface area (Å²) in [7, 11) is 0. The molecule has 0 radical (unpaired) electrons. The van der Waals surface area contributed by atoms with Crippen LogP contribution in [0.2, 0.25) is 0 Å². The van der Waals surface area contributed by atoms with Crippen molar-refractivity contribution >= 4 is 33.4 Å². The van der Waals surface area contributed by atoms with Crippen LogP contribution in [0.4, 0.5) is 0 Å². The van der Waals surface area contributed by atoms with E-state index in [0.717, 1.165) is 22.2 Å². The number of allylic oxidation sites excluding steroid dienone is 2. The second-order valence-electron chi connectivity index (χ2n) is 7.98. The molecule has 0 saturated heterocycles. The monoisotopic (exact) mass is 429 g/mol. The normalized spacial score (nSPS) is 24.1. The van der Waals surface area contributed by atoms with E-state index in [2.05, 4.69) is 36.4 Å². The van der Waals surface area contributed by atoms with Gasteiger partial charge in [-0.3, -0.25) is 14.6 Å². The molecule has 1 heterocycles. The SMILES string of the molecule is C=CCOC(=O)C1C(C)=NC2=C(C(=O)CC(C)(C)C2)[C@@H]1c1cccc(Br)c1. The van der Waals surface area contributed by atoms with Gasteiger partial charge in [-0.05, 0) is 36.5 Å². The van der Waals surface area contributed by atoms with Gasteiger partial charge in [0.05, 0.1) is 0 Å². The number of aliphatic imine (C=N–C) groups is 1. The molecule has 142 valence electrons. The Bertz CT molecular complexity index is 866. The van der Waals surface area contributed by atoms with Crippen molar-refractivity contribution < 1.29 is 14.3 Å². The van der Waals surface area contributed by atoms with Gasteiger partial charge in [0.15, 0.2) is 5.78 Å². The minimum atomic E-state index is -0.608. The highest BCUT2D eigenvalue weighted by molar-refractivity contribution is 9.10. The van der Waals surface area contributed by atoms with Gasteiger partial charge in [-0.25, -0.2) is 0 Å². The number of nitrogens with zero attached hydrogens (tertiary/aromatic N) is 1. The molecule has 1 aliphatic carbocycles. The number of carbonyl (C=O) groups excluding carboxylic acids is 2. The van der Waals surface area contributed by atoms with Crippen LogP contribution in [0.25, 0.3) is 0 Å². The number of ether oxygens (including phenoxy) is 1. The van der Waals surface area contributed by atoms with E-state index in [1.54, 1.807) is 6.08 Å². The van der Waals surface area contributed by atoms with Crippen LogP contribution in [-0.2, 0) is 14.3 Å². The first kappa shape index (κ1) is 19.7. The summed E-state index contributed by atoms with van der Waals surface area (Å²) in [5, 5.41) is 0. The van der Waals surface area contributed by atoms with E-state index in [1.807, 2.05) is 31.2 Å². The predicted molar refractivity (Wildman–Crippen MR) is 110 cm³/mol. The standard InChI is InChI=1S/C22H24BrNO3/c1-5-9-27-21(26)18-13(2)24-16-11-22(3,4)12-17(25)20(16)19(18)14-7-6-8-15(23)10-14/h5-8,10,18-19H,1,9,11-12H2,2-4H3/t18?,19-/m1/s1. The lowest BCUT2D eigenvalue weighted by Crippen LogP contribution is -2.39. The van der Waals surface area contributed by atoms with Crippen LogP contribution < -0.4 is 0 Å². The molecule has 0 amide bonds. The highest BCUT2D eigenvalue weighted by Crippen LogP contribution is 2.48. The Morgan fingerprint density at radius 2 is 2.15 bits per heavy atom. The van der Waals surface area contributed by atoms with Gasteiger partial charge in [0, 0.05) is 33.8 Å². The fourth-order valence-electron chi connectivity index (χ4n) is 4.04. The van der Waals surface area contributed by atoms with Gasteiger partial charge in [-0.2, -0.15) is 0 Å². The lowest BCUT2D eigenvalue weighted by Gasteiger charge is -2.39. The molecule has 2 aliphatic rings. The second kappa shape index (κ2) is 7.55. The highest BCUT2D eigenvalue weighted by atomic mass is 79.9. The molecule has 5 heteroatoms. The number of benzene rings is 1. The van der Waals surface area contributed by atoms with Crippen molar-refractivity contribution in [2.24, 2.45) is 16.3 Å². The van der Waals surface area contributed by atoms with Gasteiger partial charge in [-0.15, -0.1) is 0 Å². The average Bonchev–Trinajstić information content (AvgIpc) is 2.57. The first-order chi connectivity index (χ1) is 12.7. The fraction of sp³-hybridized carbons (Fsp3) is 0.409. The van der Waals surface area contributed by atoms with Crippen LogP contribution in [0.1, 0.15) is 45.1 Å². The Labute approximate surface area is 168 Å². The summed E-state index contributed by atoms with van der Waals surface area (Å²) >= 11 is 3.50. The average molecular weight is 430 g/mol. The highest BCUT2D eigenvalue weighted by Gasteiger charge is 2.45. The number of esters is 1. The van der Waals surface area contributed by atoms with Crippen molar-refractivity contribution in [3.8, 4) is 0 Å². The number of ketones is 1. The third kappa shape index (κ3) is 3.98. The van der Waals surface area contributed by atoms with Gasteiger partial charge >= 0.3 is 5.97 Å². The van der Waals surface area contributed by atoms with Crippen LogP contribution >= 0.6 is 15.9 Å². The van der Waals surface area contributed by atoms with Crippen molar-refractivity contribution in [2.45, 2.75) is 39.5 Å². The molecule has 1 aromatic carbocycles. The lowest BCUT2D eigenvalue weighted by atomic mass is 9.67. The number of hydrogen-bond donors (Lipinski definition) is 0. The fourth-order valence-corrected chi connectivity index (χ4v) is 4.46. The molecule has 0 fully saturated rings. The Balaban J connectivity index is 2.15. The Kier molecular flexibility index (Phi) is 5.52. The van der Waals surface area contributed by atoms with E-state index >= 15 is 0 Å². The molecule has 1 unspecified atom stereocenters. The van der Waals surface area contributed by atoms with Gasteiger partial charge in [-0.1, -0.05) is 54.6 Å². The quantitative estimate of drug-likeness (QED) is 0.499. The van der Waals surface area contributed by atoms with Crippen LogP contribution in [0, 0.1) is 11.3 Å². The molecule has 0 N–H and O–H groups in total. The van der Waals surface area contributed by atoms with Crippen molar-refractivity contribution in [1.82, 2.24) is 0 Å². The maximum absolute atomic E-state index is 13.1. The maximum atomic E-state index is 13.1. The zero-order valence-corrected chi connectivity index (χ0v) is 17.5. The maximum Gasteiger partial charge on any atom is 0.315 e. The summed E-state index contributed by atoms with van der Waals surface area (Å²) in [6, 6.07) is 7.78. The summed E-state index contributed by atoms with van der Waals surface area (Å²) in [6.07, 6.45) is 2.73. The molecule has 4 nitrogen and oxygen atoms in total. The minimum Gasteiger partial charge on any atom is -0.461 e. The van der Waals surface area contributed by atoms with Crippen LogP contribution in [0.15, 0.2) is 57.7 Å². The summed E-state index contributed by atoms with van der Waals surface area (Å²) in [6.45, 7) is 9.75.